The van der Waals surface area contributed by atoms with Gasteiger partial charge in [-0.2, -0.15) is 0 Å². The highest BCUT2D eigenvalue weighted by Crippen LogP contribution is 2.15. The van der Waals surface area contributed by atoms with Crippen LogP contribution in [0.4, 0.5) is 4.39 Å². The van der Waals surface area contributed by atoms with Gasteiger partial charge in [0.05, 0.1) is 23.8 Å². The van der Waals surface area contributed by atoms with E-state index in [1.165, 1.54) is 47.5 Å². The van der Waals surface area contributed by atoms with E-state index in [4.69, 9.17) is 4.42 Å². The lowest BCUT2D eigenvalue weighted by atomic mass is 10.1. The molecule has 0 spiro atoms. The second kappa shape index (κ2) is 14.9. The number of halogens is 1. The molecule has 0 fully saturated rings. The topological polar surface area (TPSA) is 70.8 Å². The van der Waals surface area contributed by atoms with E-state index in [-0.39, 0.29) is 49.2 Å². The average Bonchev–Trinajstić information content (AvgIpc) is 2.92. The molecule has 3 rings (SSSR count). The van der Waals surface area contributed by atoms with Gasteiger partial charge >= 0.3 is 0 Å². The molecule has 1 aromatic heterocycles. The van der Waals surface area contributed by atoms with E-state index in [1.807, 2.05) is 0 Å². The second-order valence-electron chi connectivity index (χ2n) is 9.54. The zero-order valence-electron chi connectivity index (χ0n) is 22.2. The van der Waals surface area contributed by atoms with Crippen molar-refractivity contribution in [2.75, 3.05) is 13.1 Å². The van der Waals surface area contributed by atoms with Crippen LogP contribution in [0.2, 0.25) is 0 Å². The summed E-state index contributed by atoms with van der Waals surface area (Å²) in [6.07, 6.45) is 9.75. The number of carbonyl (C=O) groups is 2. The Balaban J connectivity index is 1.76. The number of amides is 2. The van der Waals surface area contributed by atoms with Crippen LogP contribution in [0.1, 0.15) is 63.0 Å². The van der Waals surface area contributed by atoms with E-state index in [9.17, 15) is 18.8 Å². The minimum atomic E-state index is -0.376. The summed E-state index contributed by atoms with van der Waals surface area (Å²) >= 11 is 0. The van der Waals surface area contributed by atoms with Crippen LogP contribution in [0.25, 0.3) is 11.0 Å². The quantitative estimate of drug-likeness (QED) is 0.176. The first-order valence-corrected chi connectivity index (χ1v) is 13.3. The number of nitrogens with zero attached hydrogens (tertiary/aromatic N) is 2. The van der Waals surface area contributed by atoms with Gasteiger partial charge in [-0.1, -0.05) is 69.4 Å². The molecule has 0 unspecified atom stereocenters. The molecule has 0 bridgehead atoms. The Hall–Kier alpha value is -3.74. The van der Waals surface area contributed by atoms with Gasteiger partial charge in [0.1, 0.15) is 17.9 Å². The Labute approximate surface area is 223 Å². The molecule has 2 aromatic carbocycles. The summed E-state index contributed by atoms with van der Waals surface area (Å²) in [5, 5.41) is 0.432. The third kappa shape index (κ3) is 8.40. The Morgan fingerprint density at radius 3 is 2.37 bits per heavy atom. The molecule has 2 amide bonds. The van der Waals surface area contributed by atoms with E-state index in [0.29, 0.717) is 28.5 Å². The molecule has 0 saturated carbocycles. The summed E-state index contributed by atoms with van der Waals surface area (Å²) in [5.74, 6) is -0.792. The fraction of sp³-hybridized carbons (Fsp3) is 0.387. The van der Waals surface area contributed by atoms with Crippen molar-refractivity contribution >= 4 is 22.8 Å². The van der Waals surface area contributed by atoms with Crippen LogP contribution in [0.3, 0.4) is 0 Å². The lowest BCUT2D eigenvalue weighted by molar-refractivity contribution is -0.140. The molecule has 0 saturated heterocycles. The monoisotopic (exact) mass is 520 g/mol. The molecule has 0 N–H and O–H groups in total. The average molecular weight is 521 g/mol. The Kier molecular flexibility index (Phi) is 11.3. The number of benzene rings is 2. The molecule has 0 radical (unpaired) electrons. The normalized spacial score (nSPS) is 10.9. The molecule has 3 aromatic rings. The van der Waals surface area contributed by atoms with Crippen LogP contribution in [0, 0.1) is 5.82 Å². The van der Waals surface area contributed by atoms with Gasteiger partial charge in [0.2, 0.25) is 11.8 Å². The van der Waals surface area contributed by atoms with E-state index < -0.39 is 0 Å². The van der Waals surface area contributed by atoms with Crippen LogP contribution < -0.4 is 5.43 Å². The zero-order valence-corrected chi connectivity index (χ0v) is 22.2. The standard InChI is InChI=1S/C31H37FN2O4/c1-3-5-6-7-8-9-14-29(35)33(19-4-2)22-30(36)34(20-24-15-17-26(32)18-16-24)21-25-23-38-28-13-11-10-12-27(28)31(25)37/h4,10-13,15-18,23H,2-3,5-9,14,19-22H2,1H3. The Morgan fingerprint density at radius 1 is 0.921 bits per heavy atom. The molecule has 7 heteroatoms. The van der Waals surface area contributed by atoms with E-state index in [0.717, 1.165) is 19.3 Å². The summed E-state index contributed by atoms with van der Waals surface area (Å²) in [7, 11) is 0. The van der Waals surface area contributed by atoms with E-state index >= 15 is 0 Å². The fourth-order valence-corrected chi connectivity index (χ4v) is 4.36. The predicted octanol–water partition coefficient (Wildman–Crippen LogP) is 6.23. The Bertz CT molecular complexity index is 1270. The third-order valence-corrected chi connectivity index (χ3v) is 6.52. The number of para-hydroxylation sites is 1. The predicted molar refractivity (Wildman–Crippen MR) is 148 cm³/mol. The van der Waals surface area contributed by atoms with Crippen molar-refractivity contribution in [2.45, 2.75) is 65.0 Å². The zero-order chi connectivity index (χ0) is 27.3. The number of fused-ring (bicyclic) bond motifs is 1. The van der Waals surface area contributed by atoms with Crippen LogP contribution in [0.15, 0.2) is 76.7 Å². The largest absolute Gasteiger partial charge is 0.464 e. The summed E-state index contributed by atoms with van der Waals surface area (Å²) < 4.78 is 19.1. The summed E-state index contributed by atoms with van der Waals surface area (Å²) in [6.45, 7) is 6.17. The third-order valence-electron chi connectivity index (χ3n) is 6.52. The minimum Gasteiger partial charge on any atom is -0.464 e. The SMILES string of the molecule is C=CCN(CC(=O)N(Cc1ccc(F)cc1)Cc1coc2ccccc2c1=O)C(=O)CCCCCCCC. The molecule has 0 aliphatic carbocycles. The van der Waals surface area contributed by atoms with Gasteiger partial charge in [-0.25, -0.2) is 4.39 Å². The lowest BCUT2D eigenvalue weighted by Crippen LogP contribution is -2.43. The van der Waals surface area contributed by atoms with Crippen molar-refractivity contribution in [3.05, 3.63) is 94.6 Å². The fourth-order valence-electron chi connectivity index (χ4n) is 4.36. The minimum absolute atomic E-state index is 0.00305. The molecule has 38 heavy (non-hydrogen) atoms. The lowest BCUT2D eigenvalue weighted by Gasteiger charge is -2.27. The molecule has 0 atom stereocenters. The van der Waals surface area contributed by atoms with Gasteiger partial charge in [0, 0.05) is 19.5 Å². The first kappa shape index (κ1) is 28.8. The maximum Gasteiger partial charge on any atom is 0.242 e. The summed E-state index contributed by atoms with van der Waals surface area (Å²) in [4.78, 5) is 42.6. The van der Waals surface area contributed by atoms with Crippen molar-refractivity contribution in [3.8, 4) is 0 Å². The maximum absolute atomic E-state index is 13.5. The number of hydrogen-bond donors (Lipinski definition) is 0. The molecular formula is C31H37FN2O4. The molecule has 1 heterocycles. The van der Waals surface area contributed by atoms with Crippen molar-refractivity contribution in [3.63, 3.8) is 0 Å². The van der Waals surface area contributed by atoms with Gasteiger partial charge in [0.15, 0.2) is 5.43 Å². The second-order valence-corrected chi connectivity index (χ2v) is 9.54. The summed E-state index contributed by atoms with van der Waals surface area (Å²) in [6, 6.07) is 12.8. The van der Waals surface area contributed by atoms with Gasteiger partial charge < -0.3 is 14.2 Å². The first-order chi connectivity index (χ1) is 18.4. The highest BCUT2D eigenvalue weighted by atomic mass is 19.1. The van der Waals surface area contributed by atoms with Gasteiger partial charge in [-0.15, -0.1) is 6.58 Å². The first-order valence-electron chi connectivity index (χ1n) is 13.3. The highest BCUT2D eigenvalue weighted by molar-refractivity contribution is 5.85. The molecular weight excluding hydrogens is 483 g/mol. The number of carbonyl (C=O) groups excluding carboxylic acids is 2. The molecule has 202 valence electrons. The number of rotatable bonds is 15. The van der Waals surface area contributed by atoms with E-state index in [2.05, 4.69) is 13.5 Å². The van der Waals surface area contributed by atoms with Crippen molar-refractivity contribution in [2.24, 2.45) is 0 Å². The van der Waals surface area contributed by atoms with Gasteiger partial charge in [-0.05, 0) is 36.2 Å². The number of hydrogen-bond acceptors (Lipinski definition) is 4. The van der Waals surface area contributed by atoms with Gasteiger partial charge in [-0.3, -0.25) is 14.4 Å². The molecule has 0 aliphatic heterocycles. The Morgan fingerprint density at radius 2 is 1.63 bits per heavy atom. The molecule has 0 aliphatic rings. The number of unbranched alkanes of at least 4 members (excludes halogenated alkanes) is 5. The van der Waals surface area contributed by atoms with E-state index in [1.54, 1.807) is 42.5 Å². The van der Waals surface area contributed by atoms with Crippen LogP contribution in [-0.4, -0.2) is 34.7 Å². The summed E-state index contributed by atoms with van der Waals surface area (Å²) in [5.41, 5.74) is 1.28. The highest BCUT2D eigenvalue weighted by Gasteiger charge is 2.22. The van der Waals surface area contributed by atoms with Crippen molar-refractivity contribution in [1.82, 2.24) is 9.80 Å². The maximum atomic E-state index is 13.5. The molecule has 6 nitrogen and oxygen atoms in total. The van der Waals surface area contributed by atoms with Crippen LogP contribution in [0.5, 0.6) is 0 Å². The van der Waals surface area contributed by atoms with Crippen molar-refractivity contribution < 1.29 is 18.4 Å². The van der Waals surface area contributed by atoms with Crippen molar-refractivity contribution in [1.29, 1.82) is 0 Å². The van der Waals surface area contributed by atoms with Crippen LogP contribution >= 0.6 is 0 Å². The van der Waals surface area contributed by atoms with Gasteiger partial charge in [0.25, 0.3) is 0 Å². The smallest absolute Gasteiger partial charge is 0.242 e. The van der Waals surface area contributed by atoms with Crippen LogP contribution in [-0.2, 0) is 22.7 Å².